The summed E-state index contributed by atoms with van der Waals surface area (Å²) in [4.78, 5) is 0. The second-order valence-corrected chi connectivity index (χ2v) is 10.0. The topological polar surface area (TPSA) is 0 Å². The van der Waals surface area contributed by atoms with Gasteiger partial charge in [0.25, 0.3) is 0 Å². The molecule has 1 rings (SSSR count). The third-order valence-electron chi connectivity index (χ3n) is 1.47. The molecule has 0 heterocycles. The van der Waals surface area contributed by atoms with E-state index in [1.165, 1.54) is 5.56 Å². The lowest BCUT2D eigenvalue weighted by Crippen LogP contribution is -1.90. The first-order valence-electron chi connectivity index (χ1n) is 3.52. The van der Waals surface area contributed by atoms with E-state index in [2.05, 4.69) is 0 Å². The maximum absolute atomic E-state index is 5.70. The summed E-state index contributed by atoms with van der Waals surface area (Å²) in [5.74, 6) is 0.641. The Bertz CT molecular complexity index is 230. The highest BCUT2D eigenvalue weighted by atomic mass is 36.2. The lowest BCUT2D eigenvalue weighted by Gasteiger charge is -2.14. The van der Waals surface area contributed by atoms with Gasteiger partial charge in [-0.15, -0.1) is 0 Å². The van der Waals surface area contributed by atoms with E-state index in [4.69, 9.17) is 32.0 Å². The van der Waals surface area contributed by atoms with Crippen molar-refractivity contribution in [2.24, 2.45) is 0 Å². The van der Waals surface area contributed by atoms with Crippen molar-refractivity contribution < 1.29 is 0 Å². The standard InChI is InChI=1S/C8H9Cl3S/c9-12(10,11)7-6-8-4-2-1-3-5-8/h1-5H,6-7H2. The molecule has 0 nitrogen and oxygen atoms in total. The van der Waals surface area contributed by atoms with Crippen LogP contribution >= 0.6 is 39.7 Å². The highest BCUT2D eigenvalue weighted by molar-refractivity contribution is 8.79. The normalized spacial score (nSPS) is 12.9. The lowest BCUT2D eigenvalue weighted by atomic mass is 10.2. The first kappa shape index (κ1) is 10.5. The fraction of sp³-hybridized carbons (Fsp3) is 0.250. The maximum atomic E-state index is 5.70. The molecule has 0 spiro atoms. The molecule has 0 radical (unpaired) electrons. The zero-order valence-electron chi connectivity index (χ0n) is 6.34. The summed E-state index contributed by atoms with van der Waals surface area (Å²) < 4.78 is 0. The number of hydrogen-bond donors (Lipinski definition) is 0. The highest BCUT2D eigenvalue weighted by Crippen LogP contribution is 2.63. The molecule has 0 atom stereocenters. The summed E-state index contributed by atoms with van der Waals surface area (Å²) in [7, 11) is 15.2. The number of rotatable bonds is 3. The fourth-order valence-corrected chi connectivity index (χ4v) is 2.04. The van der Waals surface area contributed by atoms with Crippen molar-refractivity contribution in [2.75, 3.05) is 5.75 Å². The molecule has 0 bridgehead atoms. The van der Waals surface area contributed by atoms with E-state index >= 15 is 0 Å². The van der Waals surface area contributed by atoms with Gasteiger partial charge in [-0.25, -0.2) is 0 Å². The SMILES string of the molecule is ClS(Cl)(Cl)CCc1ccccc1. The molecule has 68 valence electrons. The molecule has 0 unspecified atom stereocenters. The molecule has 0 saturated carbocycles. The molecule has 0 fully saturated rings. The van der Waals surface area contributed by atoms with Crippen molar-refractivity contribution in [1.82, 2.24) is 0 Å². The van der Waals surface area contributed by atoms with Crippen LogP contribution < -0.4 is 0 Å². The van der Waals surface area contributed by atoms with E-state index < -0.39 is 7.67 Å². The van der Waals surface area contributed by atoms with Crippen molar-refractivity contribution in [2.45, 2.75) is 6.42 Å². The molecule has 12 heavy (non-hydrogen) atoms. The maximum Gasteiger partial charge on any atom is 0.0205 e. The quantitative estimate of drug-likeness (QED) is 0.733. The Morgan fingerprint density at radius 2 is 1.58 bits per heavy atom. The summed E-state index contributed by atoms with van der Waals surface area (Å²) in [6.45, 7) is 0. The lowest BCUT2D eigenvalue weighted by molar-refractivity contribution is 1.16. The largest absolute Gasteiger partial charge is 0.0622 e. The molecule has 1 aromatic carbocycles. The number of aryl methyl sites for hydroxylation is 1. The Hall–Kier alpha value is 0.440. The van der Waals surface area contributed by atoms with Gasteiger partial charge in [0.15, 0.2) is 0 Å². The zero-order chi connectivity index (χ0) is 9.03. The van der Waals surface area contributed by atoms with Crippen LogP contribution in [0.25, 0.3) is 0 Å². The second-order valence-electron chi connectivity index (χ2n) is 2.44. The molecule has 4 heteroatoms. The van der Waals surface area contributed by atoms with Gasteiger partial charge in [0.2, 0.25) is 0 Å². The van der Waals surface area contributed by atoms with Gasteiger partial charge >= 0.3 is 0 Å². The van der Waals surface area contributed by atoms with Gasteiger partial charge in [-0.05, 0) is 51.7 Å². The van der Waals surface area contributed by atoms with Gasteiger partial charge in [0, 0.05) is 5.75 Å². The van der Waals surface area contributed by atoms with Crippen LogP contribution in [0.3, 0.4) is 0 Å². The Morgan fingerprint density at radius 3 is 2.08 bits per heavy atom. The first-order chi connectivity index (χ1) is 5.58. The van der Waals surface area contributed by atoms with Gasteiger partial charge in [-0.1, -0.05) is 30.3 Å². The van der Waals surface area contributed by atoms with Crippen molar-refractivity contribution in [1.29, 1.82) is 0 Å². The van der Waals surface area contributed by atoms with E-state index in [9.17, 15) is 0 Å². The summed E-state index contributed by atoms with van der Waals surface area (Å²) in [6.07, 6.45) is 0.840. The predicted octanol–water partition coefficient (Wildman–Crippen LogP) is 4.50. The minimum atomic E-state index is -1.91. The second kappa shape index (κ2) is 4.61. The van der Waals surface area contributed by atoms with E-state index in [0.717, 1.165) is 6.42 Å². The van der Waals surface area contributed by atoms with Gasteiger partial charge in [0.1, 0.15) is 0 Å². The summed E-state index contributed by atoms with van der Waals surface area (Å²) in [5, 5.41) is 0. The van der Waals surface area contributed by atoms with E-state index in [1.54, 1.807) is 0 Å². The van der Waals surface area contributed by atoms with Crippen molar-refractivity contribution in [3.63, 3.8) is 0 Å². The van der Waals surface area contributed by atoms with Crippen LogP contribution in [0.2, 0.25) is 0 Å². The molecule has 1 aromatic rings. The third-order valence-corrected chi connectivity index (χ3v) is 3.52. The van der Waals surface area contributed by atoms with Crippen molar-refractivity contribution in [3.8, 4) is 0 Å². The fourth-order valence-electron chi connectivity index (χ4n) is 0.878. The van der Waals surface area contributed by atoms with Crippen LogP contribution in [-0.2, 0) is 6.42 Å². The Kier molecular flexibility index (Phi) is 4.04. The first-order valence-corrected chi connectivity index (χ1v) is 7.80. The van der Waals surface area contributed by atoms with Crippen LogP contribution in [0.15, 0.2) is 30.3 Å². The van der Waals surface area contributed by atoms with Crippen LogP contribution in [0.4, 0.5) is 0 Å². The van der Waals surface area contributed by atoms with Crippen LogP contribution in [0, 0.1) is 0 Å². The summed E-state index contributed by atoms with van der Waals surface area (Å²) >= 11 is 0. The molecule has 0 aliphatic carbocycles. The van der Waals surface area contributed by atoms with Crippen LogP contribution in [0.5, 0.6) is 0 Å². The Balaban J connectivity index is 2.44. The predicted molar refractivity (Wildman–Crippen MR) is 60.2 cm³/mol. The van der Waals surface area contributed by atoms with E-state index in [0.29, 0.717) is 5.75 Å². The Morgan fingerprint density at radius 1 is 1.00 bits per heavy atom. The van der Waals surface area contributed by atoms with Crippen molar-refractivity contribution >= 4 is 39.7 Å². The highest BCUT2D eigenvalue weighted by Gasteiger charge is 2.12. The summed E-state index contributed by atoms with van der Waals surface area (Å²) in [6, 6.07) is 10.0. The zero-order valence-corrected chi connectivity index (χ0v) is 9.43. The molecule has 0 aliphatic rings. The average Bonchev–Trinajstić information content (AvgIpc) is 2.02. The number of benzene rings is 1. The molecule has 0 aliphatic heterocycles. The van der Waals surface area contributed by atoms with E-state index in [1.807, 2.05) is 30.3 Å². The molecule has 0 aromatic heterocycles. The minimum absolute atomic E-state index is 0.641. The molecule has 0 saturated heterocycles. The van der Waals surface area contributed by atoms with Crippen molar-refractivity contribution in [3.05, 3.63) is 35.9 Å². The molecule has 0 amide bonds. The average molecular weight is 244 g/mol. The van der Waals surface area contributed by atoms with Gasteiger partial charge in [-0.2, -0.15) is 0 Å². The minimum Gasteiger partial charge on any atom is -0.0622 e. The molecular formula is C8H9Cl3S. The Labute approximate surface area is 87.6 Å². The number of hydrogen-bond acceptors (Lipinski definition) is 0. The molecular weight excluding hydrogens is 235 g/mol. The van der Waals surface area contributed by atoms with E-state index in [-0.39, 0.29) is 0 Å². The van der Waals surface area contributed by atoms with Crippen LogP contribution in [0.1, 0.15) is 5.56 Å². The van der Waals surface area contributed by atoms with Gasteiger partial charge in [0.05, 0.1) is 0 Å². The van der Waals surface area contributed by atoms with Crippen LogP contribution in [-0.4, -0.2) is 5.75 Å². The number of halogens is 3. The third kappa shape index (κ3) is 4.46. The smallest absolute Gasteiger partial charge is 0.0205 e. The van der Waals surface area contributed by atoms with Gasteiger partial charge in [-0.3, -0.25) is 0 Å². The summed E-state index contributed by atoms with van der Waals surface area (Å²) in [5.41, 5.74) is 1.22. The molecule has 0 N–H and O–H groups in total. The monoisotopic (exact) mass is 242 g/mol. The van der Waals surface area contributed by atoms with Gasteiger partial charge < -0.3 is 0 Å².